The quantitative estimate of drug-likeness (QED) is 0.296. The third-order valence-corrected chi connectivity index (χ3v) is 7.80. The summed E-state index contributed by atoms with van der Waals surface area (Å²) in [6.45, 7) is 3.63. The number of benzene rings is 1. The molecule has 0 bridgehead atoms. The number of rotatable bonds is 13. The zero-order chi connectivity index (χ0) is 21.4. The van der Waals surface area contributed by atoms with Crippen molar-refractivity contribution in [1.29, 1.82) is 0 Å². The van der Waals surface area contributed by atoms with Crippen molar-refractivity contribution >= 4 is 39.5 Å². The van der Waals surface area contributed by atoms with Gasteiger partial charge in [-0.3, -0.25) is 0 Å². The Hall–Kier alpha value is -1.33. The van der Waals surface area contributed by atoms with Gasteiger partial charge in [0.1, 0.15) is 4.21 Å². The summed E-state index contributed by atoms with van der Waals surface area (Å²) in [5.41, 5.74) is 11.7. The van der Waals surface area contributed by atoms with Gasteiger partial charge in [0.25, 0.3) is 10.0 Å². The molecule has 2 aromatic rings. The Kier molecular flexibility index (Phi) is 9.22. The second-order valence-electron chi connectivity index (χ2n) is 6.14. The molecule has 1 atom stereocenters. The average Bonchev–Trinajstić information content (AvgIpc) is 3.05. The van der Waals surface area contributed by atoms with Crippen LogP contribution in [0.4, 0.5) is 0 Å². The number of sulfonamides is 1. The van der Waals surface area contributed by atoms with Gasteiger partial charge in [-0.05, 0) is 44.0 Å². The summed E-state index contributed by atoms with van der Waals surface area (Å²) in [5, 5.41) is 0.735. The van der Waals surface area contributed by atoms with Gasteiger partial charge in [0.2, 0.25) is 6.29 Å². The molecule has 5 N–H and O–H groups in total. The zero-order valence-electron chi connectivity index (χ0n) is 16.2. The molecular formula is C17H26N3O6PS2. The van der Waals surface area contributed by atoms with Crippen LogP contribution in [-0.2, 0) is 21.0 Å². The third kappa shape index (κ3) is 6.32. The van der Waals surface area contributed by atoms with Crippen LogP contribution in [0, 0.1) is 0 Å². The molecule has 0 radical (unpaired) electrons. The van der Waals surface area contributed by atoms with Gasteiger partial charge >= 0.3 is 8.03 Å². The first-order chi connectivity index (χ1) is 13.8. The topological polar surface area (TPSA) is 157 Å². The molecule has 1 aromatic heterocycles. The summed E-state index contributed by atoms with van der Waals surface area (Å²) in [6.07, 6.45) is 1.15. The number of hydrogen-bond donors (Lipinski definition) is 3. The average molecular weight is 464 g/mol. The fourth-order valence-electron chi connectivity index (χ4n) is 2.64. The predicted molar refractivity (Wildman–Crippen MR) is 112 cm³/mol. The van der Waals surface area contributed by atoms with E-state index in [1.165, 1.54) is 0 Å². The van der Waals surface area contributed by atoms with Crippen LogP contribution in [0.5, 0.6) is 11.5 Å². The Balaban J connectivity index is 2.50. The highest BCUT2D eigenvalue weighted by Crippen LogP contribution is 2.41. The summed E-state index contributed by atoms with van der Waals surface area (Å²) >= 11 is 1.07. The second kappa shape index (κ2) is 11.2. The number of ether oxygens (including phenoxy) is 2. The lowest BCUT2D eigenvalue weighted by Gasteiger charge is -2.13. The van der Waals surface area contributed by atoms with Crippen LogP contribution in [0.15, 0.2) is 16.3 Å². The summed E-state index contributed by atoms with van der Waals surface area (Å²) in [7, 11) is -6.82. The van der Waals surface area contributed by atoms with Gasteiger partial charge in [-0.25, -0.2) is 8.42 Å². The number of nitrogens with one attached hydrogen (secondary N) is 1. The molecule has 1 unspecified atom stereocenters. The van der Waals surface area contributed by atoms with Crippen molar-refractivity contribution in [3.8, 4) is 11.5 Å². The standard InChI is InChI=1S/C17H26N3O6PS2/c1-2-12-13-9-14(25-7-3-5-18)15(26-8-4-6-19)10-16(13)28-17(12)29(23,24)20-11-27(21)22/h9-10,20H,2-8,11,18-19H2,1H3. The molecule has 9 nitrogen and oxygen atoms in total. The van der Waals surface area contributed by atoms with E-state index in [1.807, 2.05) is 6.92 Å². The maximum atomic E-state index is 12.6. The van der Waals surface area contributed by atoms with Crippen LogP contribution >= 0.6 is 19.4 Å². The molecule has 1 aromatic carbocycles. The Morgan fingerprint density at radius 2 is 1.72 bits per heavy atom. The molecule has 0 aliphatic rings. The van der Waals surface area contributed by atoms with E-state index in [0.717, 1.165) is 16.7 Å². The molecular weight excluding hydrogens is 437 g/mol. The van der Waals surface area contributed by atoms with Crippen LogP contribution in [-0.4, -0.2) is 41.0 Å². The molecule has 12 heteroatoms. The molecule has 0 aliphatic carbocycles. The fourth-order valence-corrected chi connectivity index (χ4v) is 6.38. The molecule has 0 saturated carbocycles. The normalized spacial score (nSPS) is 12.3. The Morgan fingerprint density at radius 1 is 1.14 bits per heavy atom. The van der Waals surface area contributed by atoms with Crippen molar-refractivity contribution in [2.24, 2.45) is 11.5 Å². The Bertz CT molecular complexity index is 948. The van der Waals surface area contributed by atoms with Gasteiger partial charge < -0.3 is 25.8 Å². The minimum Gasteiger partial charge on any atom is -0.594 e. The number of fused-ring (bicyclic) bond motifs is 1. The number of hydrogen-bond acceptors (Lipinski definition) is 9. The van der Waals surface area contributed by atoms with E-state index in [9.17, 15) is 17.9 Å². The van der Waals surface area contributed by atoms with E-state index in [2.05, 4.69) is 4.72 Å². The van der Waals surface area contributed by atoms with Gasteiger partial charge in [0.05, 0.1) is 13.2 Å². The molecule has 0 saturated heterocycles. The van der Waals surface area contributed by atoms with Crippen molar-refractivity contribution in [2.45, 2.75) is 30.4 Å². The van der Waals surface area contributed by atoms with Crippen LogP contribution in [0.1, 0.15) is 25.3 Å². The van der Waals surface area contributed by atoms with Gasteiger partial charge in [-0.1, -0.05) is 11.5 Å². The molecule has 29 heavy (non-hydrogen) atoms. The summed E-state index contributed by atoms with van der Waals surface area (Å²) in [4.78, 5) is 10.8. The maximum Gasteiger partial charge on any atom is 0.325 e. The van der Waals surface area contributed by atoms with E-state index in [1.54, 1.807) is 12.1 Å². The van der Waals surface area contributed by atoms with Crippen LogP contribution in [0.3, 0.4) is 0 Å². The summed E-state index contributed by atoms with van der Waals surface area (Å²) in [6, 6.07) is 3.52. The number of nitrogens with two attached hydrogens (primary N) is 2. The lowest BCUT2D eigenvalue weighted by molar-refractivity contribution is -0.164. The number of aryl methyl sites for hydroxylation is 1. The lowest BCUT2D eigenvalue weighted by Crippen LogP contribution is -2.24. The molecule has 2 rings (SSSR count). The first-order valence-electron chi connectivity index (χ1n) is 9.20. The largest absolute Gasteiger partial charge is 0.594 e. The fraction of sp³-hybridized carbons (Fsp3) is 0.529. The van der Waals surface area contributed by atoms with Crippen molar-refractivity contribution in [3.05, 3.63) is 17.7 Å². The summed E-state index contributed by atoms with van der Waals surface area (Å²) in [5.74, 6) is 1.02. The van der Waals surface area contributed by atoms with E-state index in [4.69, 9.17) is 20.9 Å². The first-order valence-corrected chi connectivity index (χ1v) is 12.9. The SMILES string of the molecule is CCc1c(S(=O)(=O)NC[P+](=O)[O-])sc2cc(OCCCN)c(OCCCN)cc12. The van der Waals surface area contributed by atoms with Gasteiger partial charge in [0, 0.05) is 16.2 Å². The minimum absolute atomic E-state index is 0.0962. The maximum absolute atomic E-state index is 12.6. The monoisotopic (exact) mass is 463 g/mol. The Morgan fingerprint density at radius 3 is 2.24 bits per heavy atom. The molecule has 0 spiro atoms. The highest BCUT2D eigenvalue weighted by atomic mass is 32.2. The van der Waals surface area contributed by atoms with Crippen LogP contribution < -0.4 is 30.6 Å². The van der Waals surface area contributed by atoms with E-state index in [0.29, 0.717) is 67.3 Å². The van der Waals surface area contributed by atoms with E-state index < -0.39 is 24.3 Å². The van der Waals surface area contributed by atoms with E-state index in [-0.39, 0.29) is 4.21 Å². The zero-order valence-corrected chi connectivity index (χ0v) is 18.7. The minimum atomic E-state index is -3.96. The van der Waals surface area contributed by atoms with Crippen molar-refractivity contribution < 1.29 is 27.3 Å². The second-order valence-corrected chi connectivity index (χ2v) is 10.1. The summed E-state index contributed by atoms with van der Waals surface area (Å²) < 4.78 is 50.6. The molecule has 162 valence electrons. The van der Waals surface area contributed by atoms with Crippen molar-refractivity contribution in [3.63, 3.8) is 0 Å². The third-order valence-electron chi connectivity index (χ3n) is 4.01. The highest BCUT2D eigenvalue weighted by Gasteiger charge is 2.25. The molecule has 1 heterocycles. The Labute approximate surface area is 175 Å². The molecule has 0 aliphatic heterocycles. The smallest absolute Gasteiger partial charge is 0.325 e. The van der Waals surface area contributed by atoms with Gasteiger partial charge in [0.15, 0.2) is 11.5 Å². The van der Waals surface area contributed by atoms with Crippen molar-refractivity contribution in [2.75, 3.05) is 32.6 Å². The highest BCUT2D eigenvalue weighted by molar-refractivity contribution is 7.92. The van der Waals surface area contributed by atoms with Gasteiger partial charge in [-0.15, -0.1) is 11.3 Å². The lowest BCUT2D eigenvalue weighted by atomic mass is 10.1. The van der Waals surface area contributed by atoms with Gasteiger partial charge in [-0.2, -0.15) is 4.72 Å². The predicted octanol–water partition coefficient (Wildman–Crippen LogP) is 1.26. The van der Waals surface area contributed by atoms with E-state index >= 15 is 0 Å². The molecule has 0 fully saturated rings. The number of thiophene rings is 1. The van der Waals surface area contributed by atoms with Crippen molar-refractivity contribution in [1.82, 2.24) is 4.72 Å². The van der Waals surface area contributed by atoms with Crippen LogP contribution in [0.2, 0.25) is 0 Å². The first kappa shape index (κ1) is 23.9. The van der Waals surface area contributed by atoms with Crippen LogP contribution in [0.25, 0.3) is 10.1 Å². The molecule has 0 amide bonds.